The number of methoxy groups -OCH3 is 2. The number of carbonyl (C=O) groups is 4. The molecule has 2 saturated carbocycles. The van der Waals surface area contributed by atoms with Gasteiger partial charge >= 0.3 is 12.2 Å². The fourth-order valence-corrected chi connectivity index (χ4v) is 10.0. The number of aromatic amines is 2. The van der Waals surface area contributed by atoms with E-state index in [0.717, 1.165) is 75.5 Å². The molecule has 320 valence electrons. The number of benzene rings is 5. The van der Waals surface area contributed by atoms with E-state index in [1.54, 1.807) is 0 Å². The number of rotatable bonds is 8. The van der Waals surface area contributed by atoms with E-state index in [0.29, 0.717) is 28.8 Å². The molecule has 0 bridgehead atoms. The van der Waals surface area contributed by atoms with Crippen LogP contribution in [0.3, 0.4) is 0 Å². The molecule has 2 saturated heterocycles. The third kappa shape index (κ3) is 7.03. The fourth-order valence-electron chi connectivity index (χ4n) is 10.0. The summed E-state index contributed by atoms with van der Waals surface area (Å²) in [5, 5.41) is 7.48. The van der Waals surface area contributed by atoms with Gasteiger partial charge in [0.1, 0.15) is 23.7 Å². The van der Waals surface area contributed by atoms with Gasteiger partial charge in [0, 0.05) is 28.6 Å². The highest BCUT2D eigenvalue weighted by atomic mass is 16.5. The van der Waals surface area contributed by atoms with Crippen molar-refractivity contribution in [1.29, 1.82) is 0 Å². The van der Waals surface area contributed by atoms with E-state index >= 15 is 0 Å². The average molecular weight is 853 g/mol. The first-order valence-corrected chi connectivity index (χ1v) is 21.6. The van der Waals surface area contributed by atoms with Crippen LogP contribution in [0, 0.1) is 23.7 Å². The Labute approximate surface area is 367 Å². The molecule has 8 atom stereocenters. The van der Waals surface area contributed by atoms with E-state index in [4.69, 9.17) is 19.4 Å². The second-order valence-corrected chi connectivity index (χ2v) is 17.2. The van der Waals surface area contributed by atoms with Crippen molar-refractivity contribution in [3.63, 3.8) is 0 Å². The van der Waals surface area contributed by atoms with Crippen molar-refractivity contribution in [2.24, 2.45) is 11.8 Å². The molecule has 14 heteroatoms. The van der Waals surface area contributed by atoms with Gasteiger partial charge in [0.2, 0.25) is 0 Å². The molecule has 4 fully saturated rings. The molecular formula is C50H44N8O6. The second kappa shape index (κ2) is 15.6. The number of amides is 4. The van der Waals surface area contributed by atoms with Gasteiger partial charge in [-0.25, -0.2) is 19.6 Å². The number of alkyl carbamates (subject to hydrolysis) is 2. The Morgan fingerprint density at radius 2 is 1.16 bits per heavy atom. The molecule has 4 N–H and O–H groups in total. The number of H-pyrrole nitrogens is 2. The van der Waals surface area contributed by atoms with Crippen LogP contribution in [0.25, 0.3) is 32.8 Å². The molecule has 7 aromatic rings. The van der Waals surface area contributed by atoms with Crippen LogP contribution in [0.4, 0.5) is 9.59 Å². The minimum Gasteiger partial charge on any atom is -0.453 e. The molecule has 2 aliphatic heterocycles. The van der Waals surface area contributed by atoms with Crippen LogP contribution >= 0.6 is 0 Å². The topological polar surface area (TPSA) is 175 Å². The van der Waals surface area contributed by atoms with Crippen molar-refractivity contribution in [1.82, 2.24) is 40.4 Å². The number of imidazole rings is 2. The van der Waals surface area contributed by atoms with Gasteiger partial charge in [0.15, 0.2) is 0 Å². The molecule has 0 radical (unpaired) electrons. The third-order valence-corrected chi connectivity index (χ3v) is 13.3. The molecule has 0 spiro atoms. The quantitative estimate of drug-likeness (QED) is 0.114. The lowest BCUT2D eigenvalue weighted by molar-refractivity contribution is -0.136. The van der Waals surface area contributed by atoms with Crippen molar-refractivity contribution in [3.8, 4) is 11.8 Å². The maximum absolute atomic E-state index is 14.3. The maximum Gasteiger partial charge on any atom is 0.407 e. The molecular weight excluding hydrogens is 809 g/mol. The van der Waals surface area contributed by atoms with Gasteiger partial charge in [0.25, 0.3) is 11.8 Å². The van der Waals surface area contributed by atoms with Crippen LogP contribution in [0.2, 0.25) is 0 Å². The number of piperidine rings is 2. The van der Waals surface area contributed by atoms with Gasteiger partial charge in [-0.3, -0.25) is 9.59 Å². The van der Waals surface area contributed by atoms with E-state index in [1.165, 1.54) is 14.2 Å². The summed E-state index contributed by atoms with van der Waals surface area (Å²) in [4.78, 5) is 74.1. The SMILES string of the molecule is COC(=O)NC(C(=O)N1[C@@H]2C[C@@H]2C[C@H]1c1nc2c(ccc3cc(C#Cc4ccc5nc([C@@H]6C[C@H]7C[C@H]7N6C(=O)[C@H](NC(=O)OC)c6ccccc6)[nH]c5c4)ccc32)[nH]1)c1ccccc1. The second-order valence-electron chi connectivity index (χ2n) is 17.2. The zero-order valence-corrected chi connectivity index (χ0v) is 35.1. The average Bonchev–Trinajstić information content (AvgIpc) is 3.98. The molecule has 64 heavy (non-hydrogen) atoms. The number of nitrogens with one attached hydrogen (secondary N) is 4. The number of hydrogen-bond donors (Lipinski definition) is 4. The zero-order chi connectivity index (χ0) is 43.6. The molecule has 14 nitrogen and oxygen atoms in total. The predicted molar refractivity (Wildman–Crippen MR) is 237 cm³/mol. The number of carbonyl (C=O) groups excluding carboxylic acids is 4. The summed E-state index contributed by atoms with van der Waals surface area (Å²) in [6.45, 7) is 0. The first kappa shape index (κ1) is 39.2. The van der Waals surface area contributed by atoms with Crippen LogP contribution in [-0.2, 0) is 19.1 Å². The fraction of sp³-hybridized carbons (Fsp3) is 0.280. The van der Waals surface area contributed by atoms with Crippen molar-refractivity contribution >= 4 is 56.8 Å². The van der Waals surface area contributed by atoms with E-state index in [-0.39, 0.29) is 36.0 Å². The van der Waals surface area contributed by atoms with Crippen molar-refractivity contribution in [3.05, 3.63) is 143 Å². The molecule has 5 aromatic carbocycles. The Morgan fingerprint density at radius 1 is 0.625 bits per heavy atom. The summed E-state index contributed by atoms with van der Waals surface area (Å²) in [7, 11) is 2.58. The zero-order valence-electron chi connectivity index (χ0n) is 35.1. The summed E-state index contributed by atoms with van der Waals surface area (Å²) < 4.78 is 9.77. The van der Waals surface area contributed by atoms with E-state index in [2.05, 4.69) is 44.6 Å². The Kier molecular flexibility index (Phi) is 9.56. The molecule has 4 heterocycles. The summed E-state index contributed by atoms with van der Waals surface area (Å²) in [5.41, 5.74) is 6.35. The molecule has 2 aliphatic carbocycles. The van der Waals surface area contributed by atoms with Crippen LogP contribution in [0.1, 0.15) is 83.8 Å². The molecule has 1 unspecified atom stereocenters. The van der Waals surface area contributed by atoms with Gasteiger partial charge in [-0.1, -0.05) is 84.6 Å². The lowest BCUT2D eigenvalue weighted by Crippen LogP contribution is -2.44. The standard InChI is InChI=1S/C50H44N8O6/c1-63-49(61)55-42(29-9-5-3-6-10-29)47(59)57-38-23-32(38)25-40(57)45-51-35-19-16-28(22-37(35)53-45)14-13-27-15-18-34-31(21-27)17-20-36-44(34)54-46(52-36)41-26-33-24-39(33)58(41)48(60)43(56-50(62)64-2)30-11-7-4-8-12-30/h3-12,15-22,32-33,38-43H,23-26H2,1-2H3,(H,51,53)(H,52,54)(H,55,61)(H,56,62)/t32-,33-,38-,39-,40+,41+,42-,43?/m1/s1. The van der Waals surface area contributed by atoms with Crippen LogP contribution < -0.4 is 10.6 Å². The minimum absolute atomic E-state index is 0.0977. The summed E-state index contributed by atoms with van der Waals surface area (Å²) >= 11 is 0. The number of aromatic nitrogens is 4. The van der Waals surface area contributed by atoms with Crippen molar-refractivity contribution in [2.45, 2.75) is 61.9 Å². The minimum atomic E-state index is -0.887. The number of hydrogen-bond acceptors (Lipinski definition) is 8. The molecule has 11 rings (SSSR count). The first-order chi connectivity index (χ1) is 31.2. The van der Waals surface area contributed by atoms with Crippen molar-refractivity contribution in [2.75, 3.05) is 14.2 Å². The maximum atomic E-state index is 14.3. The highest BCUT2D eigenvalue weighted by Gasteiger charge is 2.57. The number of likely N-dealkylation sites (tertiary alicyclic amines) is 2. The van der Waals surface area contributed by atoms with E-state index < -0.39 is 24.3 Å². The normalized spacial score (nSPS) is 22.5. The van der Waals surface area contributed by atoms with E-state index in [9.17, 15) is 19.2 Å². The van der Waals surface area contributed by atoms with Crippen molar-refractivity contribution < 1.29 is 28.7 Å². The van der Waals surface area contributed by atoms with E-state index in [1.807, 2.05) is 107 Å². The molecule has 4 aliphatic rings. The Morgan fingerprint density at radius 3 is 1.73 bits per heavy atom. The van der Waals surface area contributed by atoms with Crippen LogP contribution in [0.5, 0.6) is 0 Å². The Balaban J connectivity index is 0.827. The summed E-state index contributed by atoms with van der Waals surface area (Å²) in [6.07, 6.45) is 2.12. The van der Waals surface area contributed by atoms with Crippen LogP contribution in [0.15, 0.2) is 109 Å². The number of nitrogens with zero attached hydrogens (tertiary/aromatic N) is 4. The first-order valence-electron chi connectivity index (χ1n) is 21.6. The highest BCUT2D eigenvalue weighted by Crippen LogP contribution is 2.55. The third-order valence-electron chi connectivity index (χ3n) is 13.3. The van der Waals surface area contributed by atoms with Gasteiger partial charge < -0.3 is 39.9 Å². The largest absolute Gasteiger partial charge is 0.453 e. The van der Waals surface area contributed by atoms with Gasteiger partial charge in [-0.05, 0) is 90.4 Å². The van der Waals surface area contributed by atoms with Gasteiger partial charge in [0.05, 0.1) is 48.4 Å². The molecule has 4 amide bonds. The Hall–Kier alpha value is -7.66. The van der Waals surface area contributed by atoms with Gasteiger partial charge in [-0.15, -0.1) is 0 Å². The smallest absolute Gasteiger partial charge is 0.407 e. The summed E-state index contributed by atoms with van der Waals surface area (Å²) in [5.74, 6) is 8.51. The number of fused-ring (bicyclic) bond motifs is 6. The lowest BCUT2D eigenvalue weighted by atomic mass is 10.0. The summed E-state index contributed by atoms with van der Waals surface area (Å²) in [6, 6.07) is 32.4. The van der Waals surface area contributed by atoms with Gasteiger partial charge in [-0.2, -0.15) is 0 Å². The highest BCUT2D eigenvalue weighted by molar-refractivity contribution is 6.04. The van der Waals surface area contributed by atoms with Crippen LogP contribution in [-0.4, -0.2) is 80.0 Å². The number of ether oxygens (including phenoxy) is 2. The predicted octanol–water partition coefficient (Wildman–Crippen LogP) is 7.51. The Bertz CT molecular complexity index is 3070. The molecule has 2 aromatic heterocycles. The lowest BCUT2D eigenvalue weighted by Gasteiger charge is -2.30. The monoisotopic (exact) mass is 852 g/mol.